The Hall–Kier alpha value is -2.61. The summed E-state index contributed by atoms with van der Waals surface area (Å²) in [4.78, 5) is 24.1. The highest BCUT2D eigenvalue weighted by molar-refractivity contribution is 9.10. The molecule has 2 aromatic carbocycles. The summed E-state index contributed by atoms with van der Waals surface area (Å²) in [5, 5.41) is 7.99. The standard InChI is InChI=1S/C16H11BrFN3O3/c17-13-7-11(18)6-5-10(13)9-24-15(22)8-21-16(23)12-3-1-2-4-14(12)19-20-21/h1-7H,8-9H2. The lowest BCUT2D eigenvalue weighted by Gasteiger charge is -2.08. The molecule has 0 atom stereocenters. The summed E-state index contributed by atoms with van der Waals surface area (Å²) < 4.78 is 19.6. The Bertz CT molecular complexity index is 974. The fourth-order valence-corrected chi connectivity index (χ4v) is 2.56. The molecule has 0 spiro atoms. The van der Waals surface area contributed by atoms with Crippen molar-refractivity contribution in [3.05, 3.63) is 68.7 Å². The molecule has 0 bridgehead atoms. The maximum Gasteiger partial charge on any atom is 0.328 e. The molecule has 24 heavy (non-hydrogen) atoms. The molecule has 6 nitrogen and oxygen atoms in total. The fraction of sp³-hybridized carbons (Fsp3) is 0.125. The monoisotopic (exact) mass is 391 g/mol. The SMILES string of the molecule is O=C(Cn1nnc2ccccc2c1=O)OCc1ccc(F)cc1Br. The van der Waals surface area contributed by atoms with Gasteiger partial charge >= 0.3 is 5.97 Å². The van der Waals surface area contributed by atoms with Gasteiger partial charge in [0.1, 0.15) is 24.5 Å². The van der Waals surface area contributed by atoms with Crippen LogP contribution in [0.25, 0.3) is 10.9 Å². The number of ether oxygens (including phenoxy) is 1. The Morgan fingerprint density at radius 1 is 1.25 bits per heavy atom. The number of hydrogen-bond donors (Lipinski definition) is 0. The molecule has 0 N–H and O–H groups in total. The van der Waals surface area contributed by atoms with Crippen LogP contribution in [0.3, 0.4) is 0 Å². The average Bonchev–Trinajstić information content (AvgIpc) is 2.57. The Kier molecular flexibility index (Phi) is 4.66. The Morgan fingerprint density at radius 3 is 2.83 bits per heavy atom. The van der Waals surface area contributed by atoms with Crippen LogP contribution in [0.2, 0.25) is 0 Å². The first kappa shape index (κ1) is 16.3. The van der Waals surface area contributed by atoms with Gasteiger partial charge in [0.2, 0.25) is 0 Å². The second kappa shape index (κ2) is 6.88. The molecule has 0 saturated heterocycles. The van der Waals surface area contributed by atoms with Gasteiger partial charge < -0.3 is 4.74 Å². The minimum Gasteiger partial charge on any atom is -0.459 e. The van der Waals surface area contributed by atoms with E-state index in [9.17, 15) is 14.0 Å². The van der Waals surface area contributed by atoms with Crippen LogP contribution in [0, 0.1) is 5.82 Å². The number of halogens is 2. The van der Waals surface area contributed by atoms with Crippen LogP contribution in [0.1, 0.15) is 5.56 Å². The number of aromatic nitrogens is 3. The molecule has 0 radical (unpaired) electrons. The summed E-state index contributed by atoms with van der Waals surface area (Å²) in [5.41, 5.74) is 0.657. The van der Waals surface area contributed by atoms with Crippen LogP contribution in [0.4, 0.5) is 4.39 Å². The number of rotatable bonds is 4. The number of benzene rings is 2. The lowest BCUT2D eigenvalue weighted by molar-refractivity contribution is -0.146. The minimum absolute atomic E-state index is 0.0462. The van der Waals surface area contributed by atoms with Gasteiger partial charge in [-0.15, -0.1) is 5.10 Å². The van der Waals surface area contributed by atoms with E-state index in [1.807, 2.05) is 0 Å². The Morgan fingerprint density at radius 2 is 2.04 bits per heavy atom. The Labute approximate surface area is 144 Å². The van der Waals surface area contributed by atoms with Crippen LogP contribution in [-0.2, 0) is 22.7 Å². The van der Waals surface area contributed by atoms with E-state index in [4.69, 9.17) is 4.74 Å². The van der Waals surface area contributed by atoms with E-state index >= 15 is 0 Å². The summed E-state index contributed by atoms with van der Waals surface area (Å²) in [6.07, 6.45) is 0. The van der Waals surface area contributed by atoms with E-state index in [-0.39, 0.29) is 13.2 Å². The maximum absolute atomic E-state index is 13.0. The van der Waals surface area contributed by atoms with Crippen LogP contribution in [-0.4, -0.2) is 21.0 Å². The molecule has 3 rings (SSSR count). The van der Waals surface area contributed by atoms with Crippen molar-refractivity contribution in [2.45, 2.75) is 13.2 Å². The molecule has 0 aliphatic rings. The highest BCUT2D eigenvalue weighted by atomic mass is 79.9. The minimum atomic E-state index is -0.641. The smallest absolute Gasteiger partial charge is 0.328 e. The van der Waals surface area contributed by atoms with E-state index in [0.717, 1.165) is 4.68 Å². The van der Waals surface area contributed by atoms with E-state index in [2.05, 4.69) is 26.2 Å². The number of nitrogens with zero attached hydrogens (tertiary/aromatic N) is 3. The molecule has 0 fully saturated rings. The molecule has 8 heteroatoms. The maximum atomic E-state index is 13.0. The summed E-state index contributed by atoms with van der Waals surface area (Å²) in [7, 11) is 0. The van der Waals surface area contributed by atoms with Gasteiger partial charge in [0.25, 0.3) is 5.56 Å². The van der Waals surface area contributed by atoms with Crippen LogP contribution in [0.5, 0.6) is 0 Å². The molecule has 0 aliphatic carbocycles. The zero-order chi connectivity index (χ0) is 17.1. The average molecular weight is 392 g/mol. The number of hydrogen-bond acceptors (Lipinski definition) is 5. The van der Waals surface area contributed by atoms with Gasteiger partial charge in [-0.2, -0.15) is 4.68 Å². The third-order valence-corrected chi connectivity index (χ3v) is 4.05. The van der Waals surface area contributed by atoms with Crippen molar-refractivity contribution in [3.63, 3.8) is 0 Å². The first-order valence-electron chi connectivity index (χ1n) is 6.96. The van der Waals surface area contributed by atoms with Gasteiger partial charge in [0, 0.05) is 10.0 Å². The van der Waals surface area contributed by atoms with Gasteiger partial charge in [-0.1, -0.05) is 39.3 Å². The molecule has 1 heterocycles. The molecule has 0 saturated carbocycles. The highest BCUT2D eigenvalue weighted by Crippen LogP contribution is 2.18. The number of carbonyl (C=O) groups excluding carboxylic acids is 1. The van der Waals surface area contributed by atoms with Crippen molar-refractivity contribution in [2.75, 3.05) is 0 Å². The van der Waals surface area contributed by atoms with Crippen molar-refractivity contribution in [1.29, 1.82) is 0 Å². The van der Waals surface area contributed by atoms with Gasteiger partial charge in [-0.3, -0.25) is 9.59 Å². The summed E-state index contributed by atoms with van der Waals surface area (Å²) >= 11 is 3.19. The summed E-state index contributed by atoms with van der Waals surface area (Å²) in [6, 6.07) is 10.8. The number of esters is 1. The van der Waals surface area contributed by atoms with Crippen molar-refractivity contribution in [1.82, 2.24) is 15.0 Å². The molecule has 3 aromatic rings. The Balaban J connectivity index is 1.71. The number of fused-ring (bicyclic) bond motifs is 1. The van der Waals surface area contributed by atoms with Crippen LogP contribution >= 0.6 is 15.9 Å². The lowest BCUT2D eigenvalue weighted by Crippen LogP contribution is -2.28. The predicted octanol–water partition coefficient (Wildman–Crippen LogP) is 2.44. The van der Waals surface area contributed by atoms with Crippen molar-refractivity contribution >= 4 is 32.8 Å². The fourth-order valence-electron chi connectivity index (χ4n) is 2.09. The second-order valence-electron chi connectivity index (χ2n) is 4.97. The molecule has 0 unspecified atom stereocenters. The predicted molar refractivity (Wildman–Crippen MR) is 87.7 cm³/mol. The lowest BCUT2D eigenvalue weighted by atomic mass is 10.2. The molecule has 0 aliphatic heterocycles. The quantitative estimate of drug-likeness (QED) is 0.638. The van der Waals surface area contributed by atoms with Gasteiger partial charge in [-0.05, 0) is 24.3 Å². The molecular weight excluding hydrogens is 381 g/mol. The van der Waals surface area contributed by atoms with E-state index in [0.29, 0.717) is 20.9 Å². The van der Waals surface area contributed by atoms with E-state index in [1.165, 1.54) is 18.2 Å². The van der Waals surface area contributed by atoms with Gasteiger partial charge in [0.15, 0.2) is 0 Å². The molecular formula is C16H11BrFN3O3. The second-order valence-corrected chi connectivity index (χ2v) is 5.82. The molecule has 1 aromatic heterocycles. The van der Waals surface area contributed by atoms with Crippen molar-refractivity contribution in [3.8, 4) is 0 Å². The molecule has 0 amide bonds. The van der Waals surface area contributed by atoms with E-state index < -0.39 is 17.3 Å². The van der Waals surface area contributed by atoms with Crippen LogP contribution in [0.15, 0.2) is 51.7 Å². The van der Waals surface area contributed by atoms with Gasteiger partial charge in [-0.25, -0.2) is 4.39 Å². The normalized spacial score (nSPS) is 10.8. The third kappa shape index (κ3) is 3.48. The highest BCUT2D eigenvalue weighted by Gasteiger charge is 2.11. The summed E-state index contributed by atoms with van der Waals surface area (Å²) in [5.74, 6) is -1.03. The largest absolute Gasteiger partial charge is 0.459 e. The zero-order valence-corrected chi connectivity index (χ0v) is 13.9. The zero-order valence-electron chi connectivity index (χ0n) is 12.3. The topological polar surface area (TPSA) is 74.1 Å². The summed E-state index contributed by atoms with van der Waals surface area (Å²) in [6.45, 7) is -0.398. The van der Waals surface area contributed by atoms with Crippen molar-refractivity contribution in [2.24, 2.45) is 0 Å². The number of carbonyl (C=O) groups is 1. The third-order valence-electron chi connectivity index (χ3n) is 3.31. The van der Waals surface area contributed by atoms with E-state index in [1.54, 1.807) is 24.3 Å². The van der Waals surface area contributed by atoms with Crippen molar-refractivity contribution < 1.29 is 13.9 Å². The first-order valence-corrected chi connectivity index (χ1v) is 7.76. The van der Waals surface area contributed by atoms with Gasteiger partial charge in [0.05, 0.1) is 5.39 Å². The first-order chi connectivity index (χ1) is 11.5. The van der Waals surface area contributed by atoms with Crippen LogP contribution < -0.4 is 5.56 Å². The molecule has 122 valence electrons.